The minimum absolute atomic E-state index is 0.129. The lowest BCUT2D eigenvalue weighted by Gasteiger charge is -2.21. The molecule has 11 rings (SSSR count). The Labute approximate surface area is 302 Å². The van der Waals surface area contributed by atoms with Crippen LogP contribution in [-0.2, 0) is 5.41 Å². The van der Waals surface area contributed by atoms with Gasteiger partial charge in [0.05, 0.1) is 0 Å². The SMILES string of the molecule is CC1(C)c2ccc(-c3ccc(-c4c5ccccc5c(-c5ccccc5)c5ccccc45)cc3)cc2-c2c1ccc1c2oc2ccc3ccccc3c21. The van der Waals surface area contributed by atoms with Gasteiger partial charge in [0.1, 0.15) is 11.2 Å². The van der Waals surface area contributed by atoms with Crippen molar-refractivity contribution in [3.63, 3.8) is 0 Å². The maximum absolute atomic E-state index is 6.77. The third-order valence-corrected chi connectivity index (χ3v) is 11.7. The zero-order chi connectivity index (χ0) is 34.6. The van der Waals surface area contributed by atoms with Crippen LogP contribution in [0, 0.1) is 0 Å². The fourth-order valence-corrected chi connectivity index (χ4v) is 9.20. The van der Waals surface area contributed by atoms with Crippen molar-refractivity contribution in [3.05, 3.63) is 181 Å². The Bertz CT molecular complexity index is 3010. The smallest absolute Gasteiger partial charge is 0.143 e. The summed E-state index contributed by atoms with van der Waals surface area (Å²) < 4.78 is 6.77. The van der Waals surface area contributed by atoms with Gasteiger partial charge in [0, 0.05) is 21.8 Å². The number of hydrogen-bond donors (Lipinski definition) is 0. The first kappa shape index (κ1) is 29.3. The van der Waals surface area contributed by atoms with E-state index >= 15 is 0 Å². The lowest BCUT2D eigenvalue weighted by molar-refractivity contribution is 0.653. The summed E-state index contributed by atoms with van der Waals surface area (Å²) in [5.41, 5.74) is 14.4. The highest BCUT2D eigenvalue weighted by Crippen LogP contribution is 2.54. The van der Waals surface area contributed by atoms with Gasteiger partial charge in [-0.05, 0) is 94.5 Å². The summed E-state index contributed by atoms with van der Waals surface area (Å²) in [6, 6.07) is 62.3. The maximum atomic E-state index is 6.77. The van der Waals surface area contributed by atoms with E-state index in [9.17, 15) is 0 Å². The molecular weight excluding hydrogens is 629 g/mol. The van der Waals surface area contributed by atoms with E-state index in [4.69, 9.17) is 4.42 Å². The molecule has 0 amide bonds. The molecule has 244 valence electrons. The second-order valence-corrected chi connectivity index (χ2v) is 14.8. The van der Waals surface area contributed by atoms with E-state index in [0.29, 0.717) is 0 Å². The standard InChI is InChI=1S/C51H34O/c1-51(2)43-27-24-35(30-42(43)49-44(51)28-26-41-48-36-15-7-6-12-32(36)25-29-45(48)52-50(41)49)31-20-22-34(23-21-31)47-39-18-10-8-16-37(39)46(33-13-4-3-5-14-33)38-17-9-11-19-40(38)47/h3-30H,1-2H3. The van der Waals surface area contributed by atoms with Crippen molar-refractivity contribution >= 4 is 54.3 Å². The molecule has 0 fully saturated rings. The van der Waals surface area contributed by atoms with Crippen LogP contribution in [0.1, 0.15) is 25.0 Å². The summed E-state index contributed by atoms with van der Waals surface area (Å²) in [4.78, 5) is 0. The van der Waals surface area contributed by atoms with Gasteiger partial charge in [-0.3, -0.25) is 0 Å². The van der Waals surface area contributed by atoms with Crippen LogP contribution in [0.3, 0.4) is 0 Å². The summed E-state index contributed by atoms with van der Waals surface area (Å²) >= 11 is 0. The van der Waals surface area contributed by atoms with Gasteiger partial charge in [-0.15, -0.1) is 0 Å². The van der Waals surface area contributed by atoms with Crippen LogP contribution in [0.25, 0.3) is 98.8 Å². The summed E-state index contributed by atoms with van der Waals surface area (Å²) in [7, 11) is 0. The summed E-state index contributed by atoms with van der Waals surface area (Å²) in [6.07, 6.45) is 0. The molecule has 0 unspecified atom stereocenters. The highest BCUT2D eigenvalue weighted by atomic mass is 16.3. The Kier molecular flexibility index (Phi) is 6.08. The minimum atomic E-state index is -0.129. The molecule has 1 nitrogen and oxygen atoms in total. The van der Waals surface area contributed by atoms with E-state index in [0.717, 1.165) is 11.2 Å². The molecule has 1 aromatic heterocycles. The van der Waals surface area contributed by atoms with Crippen LogP contribution in [0.4, 0.5) is 0 Å². The Hall–Kier alpha value is -6.44. The Balaban J connectivity index is 1.07. The molecule has 1 heteroatoms. The van der Waals surface area contributed by atoms with Crippen molar-refractivity contribution < 1.29 is 4.42 Å². The van der Waals surface area contributed by atoms with Gasteiger partial charge in [0.15, 0.2) is 0 Å². The largest absolute Gasteiger partial charge is 0.455 e. The Morgan fingerprint density at radius 1 is 0.385 bits per heavy atom. The third-order valence-electron chi connectivity index (χ3n) is 11.7. The molecule has 0 saturated heterocycles. The highest BCUT2D eigenvalue weighted by molar-refractivity contribution is 6.22. The second-order valence-electron chi connectivity index (χ2n) is 14.8. The predicted molar refractivity (Wildman–Crippen MR) is 220 cm³/mol. The van der Waals surface area contributed by atoms with Crippen molar-refractivity contribution in [2.45, 2.75) is 19.3 Å². The minimum Gasteiger partial charge on any atom is -0.455 e. The van der Waals surface area contributed by atoms with E-state index in [2.05, 4.69) is 184 Å². The van der Waals surface area contributed by atoms with Crippen molar-refractivity contribution in [2.24, 2.45) is 0 Å². The van der Waals surface area contributed by atoms with Crippen LogP contribution in [-0.4, -0.2) is 0 Å². The lowest BCUT2D eigenvalue weighted by atomic mass is 9.82. The normalized spacial score (nSPS) is 13.3. The molecule has 0 atom stereocenters. The number of benzene rings is 9. The number of hydrogen-bond acceptors (Lipinski definition) is 1. The van der Waals surface area contributed by atoms with Gasteiger partial charge in [-0.25, -0.2) is 0 Å². The van der Waals surface area contributed by atoms with Crippen LogP contribution in [0.2, 0.25) is 0 Å². The quantitative estimate of drug-likeness (QED) is 0.172. The van der Waals surface area contributed by atoms with Crippen LogP contribution in [0.15, 0.2) is 174 Å². The van der Waals surface area contributed by atoms with Gasteiger partial charge in [0.25, 0.3) is 0 Å². The Morgan fingerprint density at radius 3 is 1.60 bits per heavy atom. The molecule has 0 bridgehead atoms. The fourth-order valence-electron chi connectivity index (χ4n) is 9.20. The van der Waals surface area contributed by atoms with Crippen LogP contribution >= 0.6 is 0 Å². The summed E-state index contributed by atoms with van der Waals surface area (Å²) in [5, 5.41) is 9.94. The van der Waals surface area contributed by atoms with E-state index in [-0.39, 0.29) is 5.41 Å². The first-order valence-corrected chi connectivity index (χ1v) is 18.2. The van der Waals surface area contributed by atoms with Gasteiger partial charge >= 0.3 is 0 Å². The first-order chi connectivity index (χ1) is 25.6. The summed E-state index contributed by atoms with van der Waals surface area (Å²) in [5.74, 6) is 0. The lowest BCUT2D eigenvalue weighted by Crippen LogP contribution is -2.14. The molecule has 1 aliphatic rings. The number of fused-ring (bicyclic) bond motifs is 11. The van der Waals surface area contributed by atoms with E-state index in [1.807, 2.05) is 0 Å². The van der Waals surface area contributed by atoms with Gasteiger partial charge in [0.2, 0.25) is 0 Å². The Morgan fingerprint density at radius 2 is 0.923 bits per heavy atom. The third kappa shape index (κ3) is 4.05. The van der Waals surface area contributed by atoms with Crippen molar-refractivity contribution in [3.8, 4) is 44.5 Å². The molecule has 52 heavy (non-hydrogen) atoms. The van der Waals surface area contributed by atoms with Crippen molar-refractivity contribution in [2.75, 3.05) is 0 Å². The number of furan rings is 1. The fraction of sp³-hybridized carbons (Fsp3) is 0.0588. The predicted octanol–water partition coefficient (Wildman–Crippen LogP) is 14.4. The highest BCUT2D eigenvalue weighted by Gasteiger charge is 2.38. The molecule has 0 saturated carbocycles. The topological polar surface area (TPSA) is 13.1 Å². The maximum Gasteiger partial charge on any atom is 0.143 e. The average Bonchev–Trinajstić information content (AvgIpc) is 3.69. The molecule has 1 heterocycles. The molecule has 9 aromatic carbocycles. The molecular formula is C51H34O. The zero-order valence-corrected chi connectivity index (χ0v) is 29.1. The van der Waals surface area contributed by atoms with Gasteiger partial charge in [-0.2, -0.15) is 0 Å². The molecule has 0 spiro atoms. The first-order valence-electron chi connectivity index (χ1n) is 18.2. The van der Waals surface area contributed by atoms with Crippen LogP contribution < -0.4 is 0 Å². The zero-order valence-electron chi connectivity index (χ0n) is 29.1. The molecule has 1 aliphatic carbocycles. The van der Waals surface area contributed by atoms with Crippen LogP contribution in [0.5, 0.6) is 0 Å². The molecule has 0 radical (unpaired) electrons. The molecule has 0 aliphatic heterocycles. The van der Waals surface area contributed by atoms with Crippen molar-refractivity contribution in [1.82, 2.24) is 0 Å². The van der Waals surface area contributed by atoms with Gasteiger partial charge < -0.3 is 4.42 Å². The van der Waals surface area contributed by atoms with E-state index < -0.39 is 0 Å². The van der Waals surface area contributed by atoms with Gasteiger partial charge in [-0.1, -0.05) is 172 Å². The monoisotopic (exact) mass is 662 g/mol. The van der Waals surface area contributed by atoms with E-state index in [1.54, 1.807) is 0 Å². The summed E-state index contributed by atoms with van der Waals surface area (Å²) in [6.45, 7) is 4.68. The second kappa shape index (κ2) is 10.8. The molecule has 0 N–H and O–H groups in total. The van der Waals surface area contributed by atoms with E-state index in [1.165, 1.54) is 98.7 Å². The number of rotatable bonds is 3. The molecule has 10 aromatic rings. The van der Waals surface area contributed by atoms with Crippen molar-refractivity contribution in [1.29, 1.82) is 0 Å². The average molecular weight is 663 g/mol.